The molecule has 1 fully saturated rings. The quantitative estimate of drug-likeness (QED) is 0.730. The van der Waals surface area contributed by atoms with Crippen LogP contribution in [0.25, 0.3) is 11.0 Å². The number of hydrogen-bond donors (Lipinski definition) is 0. The van der Waals surface area contributed by atoms with E-state index >= 15 is 0 Å². The van der Waals surface area contributed by atoms with Crippen molar-refractivity contribution < 1.29 is 13.6 Å². The number of hydrogen-bond acceptors (Lipinski definition) is 3. The fourth-order valence-corrected chi connectivity index (χ4v) is 3.22. The van der Waals surface area contributed by atoms with Crippen molar-refractivity contribution in [3.8, 4) is 0 Å². The third-order valence-electron chi connectivity index (χ3n) is 4.35. The molecule has 23 heavy (non-hydrogen) atoms. The number of likely N-dealkylation sites (tertiary alicyclic amines) is 1. The zero-order valence-electron chi connectivity index (χ0n) is 12.5. The molecule has 118 valence electrons. The van der Waals surface area contributed by atoms with Gasteiger partial charge in [0.25, 0.3) is 5.91 Å². The number of imidazole rings is 1. The van der Waals surface area contributed by atoms with Gasteiger partial charge < -0.3 is 13.9 Å². The van der Waals surface area contributed by atoms with Gasteiger partial charge in [-0.05, 0) is 37.1 Å². The van der Waals surface area contributed by atoms with E-state index in [4.69, 9.17) is 4.42 Å². The first-order valence-corrected chi connectivity index (χ1v) is 7.67. The molecule has 1 atom stereocenters. The van der Waals surface area contributed by atoms with E-state index < -0.39 is 0 Å². The van der Waals surface area contributed by atoms with Gasteiger partial charge in [-0.25, -0.2) is 9.37 Å². The Labute approximate surface area is 132 Å². The summed E-state index contributed by atoms with van der Waals surface area (Å²) in [6.45, 7) is 1.32. The van der Waals surface area contributed by atoms with Crippen LogP contribution < -0.4 is 0 Å². The van der Waals surface area contributed by atoms with Gasteiger partial charge in [0.15, 0.2) is 5.76 Å². The highest BCUT2D eigenvalue weighted by molar-refractivity contribution is 5.91. The van der Waals surface area contributed by atoms with Crippen molar-refractivity contribution in [3.63, 3.8) is 0 Å². The Balaban J connectivity index is 1.60. The zero-order valence-corrected chi connectivity index (χ0v) is 12.5. The molecule has 0 aliphatic carbocycles. The highest BCUT2D eigenvalue weighted by Crippen LogP contribution is 2.27. The summed E-state index contributed by atoms with van der Waals surface area (Å²) in [7, 11) is 0. The van der Waals surface area contributed by atoms with E-state index in [1.165, 1.54) is 18.4 Å². The van der Waals surface area contributed by atoms with Crippen LogP contribution in [0.2, 0.25) is 0 Å². The van der Waals surface area contributed by atoms with Gasteiger partial charge in [-0.2, -0.15) is 0 Å². The lowest BCUT2D eigenvalue weighted by atomic mass is 10.0. The maximum atomic E-state index is 13.3. The number of amides is 1. The van der Waals surface area contributed by atoms with Gasteiger partial charge in [0, 0.05) is 19.2 Å². The van der Waals surface area contributed by atoms with Crippen molar-refractivity contribution >= 4 is 16.9 Å². The number of benzene rings is 1. The summed E-state index contributed by atoms with van der Waals surface area (Å²) in [4.78, 5) is 18.5. The van der Waals surface area contributed by atoms with Crippen LogP contribution in [-0.2, 0) is 0 Å². The standard InChI is InChI=1S/C17H16FN3O2/c18-12-5-6-15-14(9-12)19-11-21(15)13-3-1-7-20(10-13)17(22)16-4-2-8-23-16/h2,4-6,8-9,11,13H,1,3,7,10H2. The van der Waals surface area contributed by atoms with Gasteiger partial charge in [0.05, 0.1) is 29.7 Å². The van der Waals surface area contributed by atoms with Gasteiger partial charge in [0.1, 0.15) is 5.82 Å². The summed E-state index contributed by atoms with van der Waals surface area (Å²) in [5, 5.41) is 0. The molecule has 5 nitrogen and oxygen atoms in total. The zero-order chi connectivity index (χ0) is 15.8. The Morgan fingerprint density at radius 2 is 2.26 bits per heavy atom. The molecule has 1 aromatic carbocycles. The minimum Gasteiger partial charge on any atom is -0.459 e. The Bertz CT molecular complexity index is 841. The van der Waals surface area contributed by atoms with Crippen molar-refractivity contribution in [2.24, 2.45) is 0 Å². The van der Waals surface area contributed by atoms with Crippen LogP contribution in [0.15, 0.2) is 47.3 Å². The Morgan fingerprint density at radius 3 is 3.09 bits per heavy atom. The van der Waals surface area contributed by atoms with E-state index in [1.54, 1.807) is 24.5 Å². The van der Waals surface area contributed by atoms with Crippen LogP contribution in [0.1, 0.15) is 29.4 Å². The molecule has 4 rings (SSSR count). The molecule has 1 aliphatic rings. The molecule has 2 aromatic heterocycles. The highest BCUT2D eigenvalue weighted by atomic mass is 19.1. The Hall–Kier alpha value is -2.63. The molecule has 0 saturated carbocycles. The summed E-state index contributed by atoms with van der Waals surface area (Å²) >= 11 is 0. The molecular formula is C17H16FN3O2. The average Bonchev–Trinajstić information content (AvgIpc) is 3.23. The normalized spacial score (nSPS) is 18.5. The lowest BCUT2D eigenvalue weighted by molar-refractivity contribution is 0.0649. The maximum absolute atomic E-state index is 13.3. The van der Waals surface area contributed by atoms with Crippen LogP contribution in [0.4, 0.5) is 4.39 Å². The molecule has 0 spiro atoms. The second-order valence-electron chi connectivity index (χ2n) is 5.81. The number of carbonyl (C=O) groups is 1. The number of carbonyl (C=O) groups excluding carboxylic acids is 1. The minimum absolute atomic E-state index is 0.0878. The van der Waals surface area contributed by atoms with Gasteiger partial charge in [-0.15, -0.1) is 0 Å². The third kappa shape index (κ3) is 2.50. The molecule has 1 aliphatic heterocycles. The fourth-order valence-electron chi connectivity index (χ4n) is 3.22. The number of fused-ring (bicyclic) bond motifs is 1. The smallest absolute Gasteiger partial charge is 0.289 e. The monoisotopic (exact) mass is 313 g/mol. The second kappa shape index (κ2) is 5.53. The van der Waals surface area contributed by atoms with Crippen LogP contribution >= 0.6 is 0 Å². The number of rotatable bonds is 2. The largest absolute Gasteiger partial charge is 0.459 e. The molecule has 3 aromatic rings. The molecule has 3 heterocycles. The lowest BCUT2D eigenvalue weighted by Crippen LogP contribution is -2.40. The van der Waals surface area contributed by atoms with Crippen molar-refractivity contribution in [1.82, 2.24) is 14.5 Å². The van der Waals surface area contributed by atoms with Gasteiger partial charge in [0.2, 0.25) is 0 Å². The summed E-state index contributed by atoms with van der Waals surface area (Å²) in [5.74, 6) is -0.0145. The number of aromatic nitrogens is 2. The van der Waals surface area contributed by atoms with Crippen LogP contribution in [-0.4, -0.2) is 33.4 Å². The van der Waals surface area contributed by atoms with E-state index in [0.717, 1.165) is 24.9 Å². The number of halogens is 1. The van der Waals surface area contributed by atoms with Crippen molar-refractivity contribution in [2.75, 3.05) is 13.1 Å². The highest BCUT2D eigenvalue weighted by Gasteiger charge is 2.27. The Morgan fingerprint density at radius 1 is 1.35 bits per heavy atom. The molecule has 1 amide bonds. The van der Waals surface area contributed by atoms with Crippen molar-refractivity contribution in [3.05, 3.63) is 54.5 Å². The fraction of sp³-hybridized carbons (Fsp3) is 0.294. The average molecular weight is 313 g/mol. The lowest BCUT2D eigenvalue weighted by Gasteiger charge is -2.33. The SMILES string of the molecule is O=C(c1ccco1)N1CCCC(n2cnc3cc(F)ccc32)C1. The third-order valence-corrected chi connectivity index (χ3v) is 4.35. The van der Waals surface area contributed by atoms with Crippen LogP contribution in [0.3, 0.4) is 0 Å². The van der Waals surface area contributed by atoms with Crippen molar-refractivity contribution in [1.29, 1.82) is 0 Å². The topological polar surface area (TPSA) is 51.3 Å². The molecule has 1 unspecified atom stereocenters. The van der Waals surface area contributed by atoms with Gasteiger partial charge in [-0.3, -0.25) is 4.79 Å². The summed E-state index contributed by atoms with van der Waals surface area (Å²) in [5.41, 5.74) is 1.53. The first kappa shape index (κ1) is 14.0. The Kier molecular flexibility index (Phi) is 3.37. The maximum Gasteiger partial charge on any atom is 0.289 e. The summed E-state index contributed by atoms with van der Waals surface area (Å²) in [6, 6.07) is 8.15. The van der Waals surface area contributed by atoms with Crippen molar-refractivity contribution in [2.45, 2.75) is 18.9 Å². The summed E-state index contributed by atoms with van der Waals surface area (Å²) in [6.07, 6.45) is 5.12. The predicted molar refractivity (Wildman–Crippen MR) is 82.6 cm³/mol. The van der Waals surface area contributed by atoms with Gasteiger partial charge in [-0.1, -0.05) is 0 Å². The first-order chi connectivity index (χ1) is 11.2. The van der Waals surface area contributed by atoms with E-state index in [0.29, 0.717) is 17.8 Å². The first-order valence-electron chi connectivity index (χ1n) is 7.67. The van der Waals surface area contributed by atoms with Crippen LogP contribution in [0, 0.1) is 5.82 Å². The molecule has 1 saturated heterocycles. The molecule has 0 N–H and O–H groups in total. The molecule has 6 heteroatoms. The van der Waals surface area contributed by atoms with E-state index in [9.17, 15) is 9.18 Å². The van der Waals surface area contributed by atoms with Crippen LogP contribution in [0.5, 0.6) is 0 Å². The summed E-state index contributed by atoms with van der Waals surface area (Å²) < 4.78 is 20.5. The van der Waals surface area contributed by atoms with E-state index in [1.807, 2.05) is 9.47 Å². The van der Waals surface area contributed by atoms with E-state index in [-0.39, 0.29) is 17.8 Å². The molecule has 0 radical (unpaired) electrons. The molecular weight excluding hydrogens is 297 g/mol. The number of furan rings is 1. The predicted octanol–water partition coefficient (Wildman–Crippen LogP) is 3.25. The second-order valence-corrected chi connectivity index (χ2v) is 5.81. The number of nitrogens with zero attached hydrogens (tertiary/aromatic N) is 3. The van der Waals surface area contributed by atoms with Gasteiger partial charge >= 0.3 is 0 Å². The number of piperidine rings is 1. The van der Waals surface area contributed by atoms with E-state index in [2.05, 4.69) is 4.98 Å². The minimum atomic E-state index is -0.291. The molecule has 0 bridgehead atoms.